The number of allylic oxidation sites excluding steroid dienone is 3. The summed E-state index contributed by atoms with van der Waals surface area (Å²) in [7, 11) is 0. The van der Waals surface area contributed by atoms with Gasteiger partial charge in [0.15, 0.2) is 0 Å². The molecule has 0 atom stereocenters. The fourth-order valence-electron chi connectivity index (χ4n) is 11.0. The van der Waals surface area contributed by atoms with E-state index in [1.807, 2.05) is 54.9 Å². The lowest BCUT2D eigenvalue weighted by Gasteiger charge is -2.43. The van der Waals surface area contributed by atoms with Crippen molar-refractivity contribution >= 4 is 57.0 Å². The quantitative estimate of drug-likeness (QED) is 0.149. The van der Waals surface area contributed by atoms with Crippen molar-refractivity contribution in [1.82, 2.24) is 14.4 Å². The summed E-state index contributed by atoms with van der Waals surface area (Å²) in [4.78, 5) is 11.5. The summed E-state index contributed by atoms with van der Waals surface area (Å²) in [6, 6.07) is 40.6. The summed E-state index contributed by atoms with van der Waals surface area (Å²) in [6.45, 7) is 16.0. The standard InChI is InChI=1S/C62H58BN5O/c1-60(2,3)44-30-34-64-57(37-44)68-53-23-12-11-22-48(53)49-28-27-47(39-56(49)68)69-46-21-17-20-45(38-46)65-41-66(55-25-14-13-24-54(55)65)59-50(43-26-29-51-52(36-43)62(6,7)32-31-61(51,4)5)40-63-33-15-16-35-67(63)58(59)42-18-9-8-10-19-42/h8-30,33-40H,31-32,41H2,1-7H3/i8D,9D,10D,18D,19D. The summed E-state index contributed by atoms with van der Waals surface area (Å²) in [6.07, 6.45) is 9.96. The molecule has 2 aromatic heterocycles. The van der Waals surface area contributed by atoms with Crippen LogP contribution in [0, 0.1) is 0 Å². The number of aromatic nitrogens is 2. The molecule has 8 aromatic rings. The van der Waals surface area contributed by atoms with Gasteiger partial charge in [-0.05, 0) is 129 Å². The lowest BCUT2D eigenvalue weighted by Crippen LogP contribution is -2.40. The van der Waals surface area contributed by atoms with Crippen LogP contribution in [0.2, 0.25) is 0 Å². The molecule has 0 saturated carbocycles. The first-order valence-electron chi connectivity index (χ1n) is 26.6. The van der Waals surface area contributed by atoms with E-state index in [4.69, 9.17) is 13.8 Å². The van der Waals surface area contributed by atoms with E-state index in [1.54, 1.807) is 0 Å². The smallest absolute Gasteiger partial charge is 0.313 e. The molecule has 6 nitrogen and oxygen atoms in total. The molecule has 340 valence electrons. The number of hydrogen-bond acceptors (Lipinski definition) is 5. The second-order valence-electron chi connectivity index (χ2n) is 21.2. The van der Waals surface area contributed by atoms with Gasteiger partial charge in [0.05, 0.1) is 40.7 Å². The maximum atomic E-state index is 9.48. The average Bonchev–Trinajstić information content (AvgIpc) is 3.96. The van der Waals surface area contributed by atoms with E-state index in [1.165, 1.54) is 16.7 Å². The largest absolute Gasteiger partial charge is 0.457 e. The van der Waals surface area contributed by atoms with Gasteiger partial charge in [-0.2, -0.15) is 0 Å². The molecular weight excluding hydrogens is 842 g/mol. The molecule has 0 radical (unpaired) electrons. The average molecular weight is 905 g/mol. The number of para-hydroxylation sites is 3. The highest BCUT2D eigenvalue weighted by atomic mass is 16.5. The Labute approximate surface area is 414 Å². The topological polar surface area (TPSA) is 36.8 Å². The number of benzene rings is 6. The molecule has 0 N–H and O–H groups in total. The van der Waals surface area contributed by atoms with Crippen LogP contribution in [0.3, 0.4) is 0 Å². The van der Waals surface area contributed by atoms with E-state index in [-0.39, 0.29) is 52.8 Å². The molecule has 69 heavy (non-hydrogen) atoms. The maximum absolute atomic E-state index is 9.48. The van der Waals surface area contributed by atoms with E-state index in [2.05, 4.69) is 171 Å². The van der Waals surface area contributed by atoms with Crippen molar-refractivity contribution in [2.24, 2.45) is 0 Å². The fourth-order valence-corrected chi connectivity index (χ4v) is 11.0. The van der Waals surface area contributed by atoms with Crippen LogP contribution >= 0.6 is 0 Å². The highest BCUT2D eigenvalue weighted by Crippen LogP contribution is 2.51. The van der Waals surface area contributed by atoms with Crippen LogP contribution < -0.4 is 14.5 Å². The number of pyridine rings is 1. The molecule has 12 rings (SSSR count). The normalized spacial score (nSPS) is 18.1. The predicted molar refractivity (Wildman–Crippen MR) is 289 cm³/mol. The van der Waals surface area contributed by atoms with E-state index >= 15 is 0 Å². The summed E-state index contributed by atoms with van der Waals surface area (Å²) >= 11 is 0. The molecule has 0 bridgehead atoms. The Balaban J connectivity index is 0.991. The van der Waals surface area contributed by atoms with Crippen molar-refractivity contribution in [2.75, 3.05) is 16.5 Å². The molecule has 7 heteroatoms. The number of nitrogens with zero attached hydrogens (tertiary/aromatic N) is 5. The number of hydrogen-bond donors (Lipinski definition) is 0. The molecular formula is C62H58BN5O. The zero-order chi connectivity index (χ0) is 51.6. The van der Waals surface area contributed by atoms with Crippen molar-refractivity contribution < 1.29 is 11.6 Å². The highest BCUT2D eigenvalue weighted by Gasteiger charge is 2.41. The highest BCUT2D eigenvalue weighted by molar-refractivity contribution is 6.70. The lowest BCUT2D eigenvalue weighted by atomic mass is 9.55. The van der Waals surface area contributed by atoms with Crippen LogP contribution in [-0.4, -0.2) is 27.9 Å². The van der Waals surface area contributed by atoms with E-state index < -0.39 is 6.04 Å². The van der Waals surface area contributed by atoms with Crippen LogP contribution in [0.1, 0.15) is 96.0 Å². The molecule has 0 unspecified atom stereocenters. The molecule has 1 aliphatic carbocycles. The molecule has 0 saturated heterocycles. The van der Waals surface area contributed by atoms with Gasteiger partial charge in [0.1, 0.15) is 24.0 Å². The Morgan fingerprint density at radius 1 is 0.652 bits per heavy atom. The van der Waals surface area contributed by atoms with Gasteiger partial charge < -0.3 is 19.3 Å². The molecule has 6 aromatic carbocycles. The predicted octanol–water partition coefficient (Wildman–Crippen LogP) is 15.5. The second-order valence-corrected chi connectivity index (χ2v) is 21.2. The maximum Gasteiger partial charge on any atom is 0.313 e. The van der Waals surface area contributed by atoms with Crippen molar-refractivity contribution in [3.63, 3.8) is 0 Å². The van der Waals surface area contributed by atoms with E-state index in [9.17, 15) is 2.74 Å². The lowest BCUT2D eigenvalue weighted by molar-refractivity contribution is 0.332. The van der Waals surface area contributed by atoms with Gasteiger partial charge in [0, 0.05) is 34.8 Å². The van der Waals surface area contributed by atoms with Gasteiger partial charge in [-0.3, -0.25) is 4.57 Å². The van der Waals surface area contributed by atoms with Gasteiger partial charge in [-0.25, -0.2) is 4.98 Å². The summed E-state index contributed by atoms with van der Waals surface area (Å²) in [5.74, 6) is 6.58. The third kappa shape index (κ3) is 7.29. The van der Waals surface area contributed by atoms with Gasteiger partial charge >= 0.3 is 6.85 Å². The SMILES string of the molecule is [2H]c1c([2H])c([2H])c(C2=C(N3CN(c4cccc(Oc5ccc6c7ccccc7n(-c7cc(C(C)(C)C)ccn7)c6c5)c4)c4ccccc43)C(c3ccc4c(c3)C(C)(C)CCC4(C)C)=CB3C=CC=CN32)c([2H])c1[2H]. The number of rotatable bonds is 7. The Kier molecular flexibility index (Phi) is 8.72. The molecule has 0 fully saturated rings. The minimum Gasteiger partial charge on any atom is -0.457 e. The summed E-state index contributed by atoms with van der Waals surface area (Å²) in [5.41, 5.74) is 12.0. The Hall–Kier alpha value is -7.51. The van der Waals surface area contributed by atoms with Gasteiger partial charge in [0.25, 0.3) is 0 Å². The molecule has 4 aliphatic rings. The first-order chi connectivity index (χ1) is 35.4. The summed E-state index contributed by atoms with van der Waals surface area (Å²) < 4.78 is 54.5. The van der Waals surface area contributed by atoms with Crippen molar-refractivity contribution in [1.29, 1.82) is 0 Å². The van der Waals surface area contributed by atoms with Crippen LogP contribution in [0.5, 0.6) is 11.5 Å². The van der Waals surface area contributed by atoms with Crippen molar-refractivity contribution in [3.8, 4) is 17.3 Å². The minimum absolute atomic E-state index is 0.00463. The Morgan fingerprint density at radius 3 is 2.20 bits per heavy atom. The van der Waals surface area contributed by atoms with Gasteiger partial charge in [-0.1, -0.05) is 151 Å². The van der Waals surface area contributed by atoms with Crippen LogP contribution in [0.4, 0.5) is 17.1 Å². The van der Waals surface area contributed by atoms with Crippen LogP contribution in [0.15, 0.2) is 194 Å². The Bertz CT molecular complexity index is 3760. The van der Waals surface area contributed by atoms with E-state index in [0.29, 0.717) is 23.9 Å². The third-order valence-corrected chi connectivity index (χ3v) is 14.8. The molecule has 3 aliphatic heterocycles. The minimum atomic E-state index is -0.423. The van der Waals surface area contributed by atoms with Crippen LogP contribution in [-0.2, 0) is 16.2 Å². The number of fused-ring (bicyclic) bond motifs is 6. The number of ether oxygens (including phenoxy) is 1. The van der Waals surface area contributed by atoms with Crippen molar-refractivity contribution in [2.45, 2.75) is 77.6 Å². The monoisotopic (exact) mass is 905 g/mol. The zero-order valence-electron chi connectivity index (χ0n) is 45.4. The molecule has 0 spiro atoms. The fraction of sp³-hybridized carbons (Fsp3) is 0.210. The first kappa shape index (κ1) is 37.5. The Morgan fingerprint density at radius 2 is 1.39 bits per heavy atom. The second kappa shape index (κ2) is 16.1. The van der Waals surface area contributed by atoms with Gasteiger partial charge in [0.2, 0.25) is 0 Å². The zero-order valence-corrected chi connectivity index (χ0v) is 40.4. The molecule has 0 amide bonds. The van der Waals surface area contributed by atoms with Gasteiger partial charge in [-0.15, -0.1) is 0 Å². The summed E-state index contributed by atoms with van der Waals surface area (Å²) in [5, 5.41) is 2.25. The first-order valence-corrected chi connectivity index (χ1v) is 24.1. The number of anilines is 3. The van der Waals surface area contributed by atoms with E-state index in [0.717, 1.165) is 74.4 Å². The van der Waals surface area contributed by atoms with Crippen LogP contribution in [0.25, 0.3) is 38.9 Å². The van der Waals surface area contributed by atoms with Crippen molar-refractivity contribution in [3.05, 3.63) is 222 Å². The molecule has 5 heterocycles. The third-order valence-electron chi connectivity index (χ3n) is 14.8.